The molecule has 5 nitrogen and oxygen atoms in total. The van der Waals surface area contributed by atoms with Crippen molar-refractivity contribution in [3.05, 3.63) is 24.3 Å². The fourth-order valence-electron chi connectivity index (χ4n) is 3.54. The Balaban J connectivity index is 1.58. The van der Waals surface area contributed by atoms with Crippen LogP contribution in [0.2, 0.25) is 0 Å². The maximum atomic E-state index is 12.4. The number of piperidine rings is 1. The summed E-state index contributed by atoms with van der Waals surface area (Å²) in [4.78, 5) is 19.5. The molecule has 5 heteroatoms. The van der Waals surface area contributed by atoms with Crippen molar-refractivity contribution in [1.82, 2.24) is 14.9 Å². The second-order valence-electron chi connectivity index (χ2n) is 6.71. The SMILES string of the molecule is CCn1c(N2CCC[C@@H](C(=O)NC3CC3)C2)nc2ccccc21. The highest BCUT2D eigenvalue weighted by Gasteiger charge is 2.31. The Morgan fingerprint density at radius 2 is 2.13 bits per heavy atom. The van der Waals surface area contributed by atoms with Crippen molar-refractivity contribution in [3.63, 3.8) is 0 Å². The molecule has 4 rings (SSSR count). The molecule has 1 atom stereocenters. The lowest BCUT2D eigenvalue weighted by Crippen LogP contribution is -2.44. The normalized spacial score (nSPS) is 21.6. The molecular weight excluding hydrogens is 288 g/mol. The molecule has 2 fully saturated rings. The molecule has 1 saturated heterocycles. The standard InChI is InChI=1S/C18H24N4O/c1-2-22-16-8-4-3-7-15(16)20-18(22)21-11-5-6-13(12-21)17(23)19-14-9-10-14/h3-4,7-8,13-14H,2,5-6,9-12H2,1H3,(H,19,23)/t13-/m1/s1. The average molecular weight is 312 g/mol. The largest absolute Gasteiger partial charge is 0.353 e. The van der Waals surface area contributed by atoms with Gasteiger partial charge in [0.2, 0.25) is 11.9 Å². The third kappa shape index (κ3) is 2.80. The first kappa shape index (κ1) is 14.5. The van der Waals surface area contributed by atoms with E-state index in [1.165, 1.54) is 5.52 Å². The third-order valence-electron chi connectivity index (χ3n) is 4.95. The number of aromatic nitrogens is 2. The minimum absolute atomic E-state index is 0.0921. The van der Waals surface area contributed by atoms with Crippen LogP contribution >= 0.6 is 0 Å². The van der Waals surface area contributed by atoms with Crippen molar-refractivity contribution < 1.29 is 4.79 Å². The number of rotatable bonds is 4. The number of hydrogen-bond acceptors (Lipinski definition) is 3. The zero-order valence-corrected chi connectivity index (χ0v) is 13.7. The van der Waals surface area contributed by atoms with E-state index in [2.05, 4.69) is 39.9 Å². The van der Waals surface area contributed by atoms with Crippen LogP contribution in [0.1, 0.15) is 32.6 Å². The van der Waals surface area contributed by atoms with Gasteiger partial charge in [-0.2, -0.15) is 0 Å². The average Bonchev–Trinajstić information content (AvgIpc) is 3.32. The molecular formula is C18H24N4O. The van der Waals surface area contributed by atoms with E-state index in [0.29, 0.717) is 6.04 Å². The summed E-state index contributed by atoms with van der Waals surface area (Å²) < 4.78 is 2.26. The Labute approximate surface area is 136 Å². The van der Waals surface area contributed by atoms with E-state index in [1.54, 1.807) is 0 Å². The van der Waals surface area contributed by atoms with Gasteiger partial charge in [-0.3, -0.25) is 4.79 Å². The van der Waals surface area contributed by atoms with Crippen LogP contribution < -0.4 is 10.2 Å². The molecule has 1 aliphatic heterocycles. The number of nitrogens with zero attached hydrogens (tertiary/aromatic N) is 3. The van der Waals surface area contributed by atoms with E-state index in [-0.39, 0.29) is 11.8 Å². The highest BCUT2D eigenvalue weighted by atomic mass is 16.2. The molecule has 1 aromatic carbocycles. The van der Waals surface area contributed by atoms with Crippen LogP contribution in [-0.2, 0) is 11.3 Å². The molecule has 1 saturated carbocycles. The first-order chi connectivity index (χ1) is 11.3. The molecule has 122 valence electrons. The number of para-hydroxylation sites is 2. The van der Waals surface area contributed by atoms with Crippen molar-refractivity contribution >= 4 is 22.9 Å². The summed E-state index contributed by atoms with van der Waals surface area (Å²) in [6.45, 7) is 4.81. The Bertz CT molecular complexity index is 719. The summed E-state index contributed by atoms with van der Waals surface area (Å²) in [7, 11) is 0. The maximum absolute atomic E-state index is 12.4. The highest BCUT2D eigenvalue weighted by Crippen LogP contribution is 2.28. The zero-order valence-electron chi connectivity index (χ0n) is 13.7. The van der Waals surface area contributed by atoms with E-state index in [9.17, 15) is 4.79 Å². The van der Waals surface area contributed by atoms with Gasteiger partial charge in [0.1, 0.15) is 0 Å². The van der Waals surface area contributed by atoms with E-state index >= 15 is 0 Å². The van der Waals surface area contributed by atoms with Crippen LogP contribution in [0, 0.1) is 5.92 Å². The monoisotopic (exact) mass is 312 g/mol. The summed E-state index contributed by atoms with van der Waals surface area (Å²) >= 11 is 0. The Morgan fingerprint density at radius 1 is 1.30 bits per heavy atom. The fraction of sp³-hybridized carbons (Fsp3) is 0.556. The molecule has 2 heterocycles. The fourth-order valence-corrected chi connectivity index (χ4v) is 3.54. The van der Waals surface area contributed by atoms with E-state index in [0.717, 1.165) is 56.8 Å². The Kier molecular flexibility index (Phi) is 3.71. The van der Waals surface area contributed by atoms with Crippen molar-refractivity contribution in [2.45, 2.75) is 45.2 Å². The lowest BCUT2D eigenvalue weighted by molar-refractivity contribution is -0.125. The van der Waals surface area contributed by atoms with E-state index in [4.69, 9.17) is 4.98 Å². The van der Waals surface area contributed by atoms with Gasteiger partial charge in [-0.25, -0.2) is 4.98 Å². The molecule has 1 aromatic heterocycles. The summed E-state index contributed by atoms with van der Waals surface area (Å²) in [5.41, 5.74) is 2.21. The minimum Gasteiger partial charge on any atom is -0.353 e. The quantitative estimate of drug-likeness (QED) is 0.944. The lowest BCUT2D eigenvalue weighted by Gasteiger charge is -2.33. The van der Waals surface area contributed by atoms with E-state index < -0.39 is 0 Å². The van der Waals surface area contributed by atoms with Gasteiger partial charge < -0.3 is 14.8 Å². The number of amides is 1. The van der Waals surface area contributed by atoms with Crippen molar-refractivity contribution in [3.8, 4) is 0 Å². The lowest BCUT2D eigenvalue weighted by atomic mass is 9.97. The van der Waals surface area contributed by atoms with Gasteiger partial charge in [0.25, 0.3) is 0 Å². The number of hydrogen-bond donors (Lipinski definition) is 1. The predicted octanol–water partition coefficient (Wildman–Crippen LogP) is 2.55. The topological polar surface area (TPSA) is 50.2 Å². The summed E-state index contributed by atoms with van der Waals surface area (Å²) in [5, 5.41) is 3.16. The molecule has 1 amide bonds. The van der Waals surface area contributed by atoms with Crippen molar-refractivity contribution in [2.75, 3.05) is 18.0 Å². The van der Waals surface area contributed by atoms with Crippen LogP contribution in [0.4, 0.5) is 5.95 Å². The molecule has 2 aromatic rings. The molecule has 1 N–H and O–H groups in total. The molecule has 1 aliphatic carbocycles. The Morgan fingerprint density at radius 3 is 2.91 bits per heavy atom. The van der Waals surface area contributed by atoms with Gasteiger partial charge in [-0.05, 0) is 44.7 Å². The molecule has 2 aliphatic rings. The smallest absolute Gasteiger partial charge is 0.225 e. The molecule has 0 bridgehead atoms. The van der Waals surface area contributed by atoms with Gasteiger partial charge >= 0.3 is 0 Å². The zero-order chi connectivity index (χ0) is 15.8. The van der Waals surface area contributed by atoms with Crippen LogP contribution in [0.15, 0.2) is 24.3 Å². The predicted molar refractivity (Wildman–Crippen MR) is 91.5 cm³/mol. The van der Waals surface area contributed by atoms with Gasteiger partial charge in [-0.1, -0.05) is 12.1 Å². The number of carbonyl (C=O) groups excluding carboxylic acids is 1. The highest BCUT2D eigenvalue weighted by molar-refractivity contribution is 5.81. The van der Waals surface area contributed by atoms with Gasteiger partial charge in [0, 0.05) is 25.7 Å². The number of aryl methyl sites for hydroxylation is 1. The second-order valence-corrected chi connectivity index (χ2v) is 6.71. The van der Waals surface area contributed by atoms with Crippen molar-refractivity contribution in [2.24, 2.45) is 5.92 Å². The van der Waals surface area contributed by atoms with Crippen molar-refractivity contribution in [1.29, 1.82) is 0 Å². The number of imidazole rings is 1. The van der Waals surface area contributed by atoms with Crippen LogP contribution in [0.5, 0.6) is 0 Å². The number of benzene rings is 1. The second kappa shape index (κ2) is 5.87. The number of carbonyl (C=O) groups is 1. The molecule has 0 unspecified atom stereocenters. The van der Waals surface area contributed by atoms with E-state index in [1.807, 2.05) is 6.07 Å². The first-order valence-corrected chi connectivity index (χ1v) is 8.77. The van der Waals surface area contributed by atoms with Crippen LogP contribution in [0.25, 0.3) is 11.0 Å². The molecule has 0 radical (unpaired) electrons. The van der Waals surface area contributed by atoms with Crippen LogP contribution in [-0.4, -0.2) is 34.6 Å². The molecule has 0 spiro atoms. The summed E-state index contributed by atoms with van der Waals surface area (Å²) in [5.74, 6) is 1.34. The molecule has 23 heavy (non-hydrogen) atoms. The third-order valence-corrected chi connectivity index (χ3v) is 4.95. The number of anilines is 1. The van der Waals surface area contributed by atoms with Gasteiger partial charge in [-0.15, -0.1) is 0 Å². The first-order valence-electron chi connectivity index (χ1n) is 8.77. The maximum Gasteiger partial charge on any atom is 0.225 e. The minimum atomic E-state index is 0.0921. The summed E-state index contributed by atoms with van der Waals surface area (Å²) in [6, 6.07) is 8.71. The number of nitrogens with one attached hydrogen (secondary N) is 1. The van der Waals surface area contributed by atoms with Gasteiger partial charge in [0.05, 0.1) is 17.0 Å². The summed E-state index contributed by atoms with van der Waals surface area (Å²) in [6.07, 6.45) is 4.33. The van der Waals surface area contributed by atoms with Crippen LogP contribution in [0.3, 0.4) is 0 Å². The Hall–Kier alpha value is -2.04. The number of fused-ring (bicyclic) bond motifs is 1. The van der Waals surface area contributed by atoms with Gasteiger partial charge in [0.15, 0.2) is 0 Å².